The van der Waals surface area contributed by atoms with Crippen LogP contribution in [0.25, 0.3) is 0 Å². The SMILES string of the molecule is CCOP(=O)(OCC)C(O)CC(C)C. The van der Waals surface area contributed by atoms with E-state index in [1.54, 1.807) is 13.8 Å². The summed E-state index contributed by atoms with van der Waals surface area (Å²) in [7, 11) is -3.31. The highest BCUT2D eigenvalue weighted by Gasteiger charge is 2.34. The first-order chi connectivity index (χ1) is 6.46. The number of rotatable bonds is 7. The van der Waals surface area contributed by atoms with Gasteiger partial charge in [0.1, 0.15) is 0 Å². The highest BCUT2D eigenvalue weighted by Crippen LogP contribution is 2.53. The molecule has 86 valence electrons. The van der Waals surface area contributed by atoms with E-state index in [4.69, 9.17) is 9.05 Å². The predicted molar refractivity (Wildman–Crippen MR) is 56.3 cm³/mol. The lowest BCUT2D eigenvalue weighted by molar-refractivity contribution is 0.136. The summed E-state index contributed by atoms with van der Waals surface area (Å²) in [5.74, 6) is -0.748. The lowest BCUT2D eigenvalue weighted by atomic mass is 10.1. The molecular formula is C9H21O4P. The minimum Gasteiger partial charge on any atom is -0.380 e. The highest BCUT2D eigenvalue weighted by molar-refractivity contribution is 7.54. The van der Waals surface area contributed by atoms with E-state index in [2.05, 4.69) is 0 Å². The lowest BCUT2D eigenvalue weighted by Crippen LogP contribution is -2.15. The fraction of sp³-hybridized carbons (Fsp3) is 1.00. The normalized spacial score (nSPS) is 14.7. The van der Waals surface area contributed by atoms with Crippen LogP contribution in [0.3, 0.4) is 0 Å². The first kappa shape index (κ1) is 14.1. The summed E-state index contributed by atoms with van der Waals surface area (Å²) in [5.41, 5.74) is 0. The molecule has 0 spiro atoms. The van der Waals surface area contributed by atoms with E-state index in [9.17, 15) is 9.67 Å². The molecule has 4 nitrogen and oxygen atoms in total. The Bertz CT molecular complexity index is 183. The maximum absolute atomic E-state index is 12.0. The van der Waals surface area contributed by atoms with E-state index in [0.717, 1.165) is 0 Å². The molecule has 0 aromatic rings. The molecule has 0 fully saturated rings. The monoisotopic (exact) mass is 224 g/mol. The molecule has 0 bridgehead atoms. The number of aliphatic hydroxyl groups excluding tert-OH is 1. The quantitative estimate of drug-likeness (QED) is 0.675. The van der Waals surface area contributed by atoms with Crippen LogP contribution >= 0.6 is 7.60 Å². The van der Waals surface area contributed by atoms with Crippen molar-refractivity contribution in [2.75, 3.05) is 13.2 Å². The van der Waals surface area contributed by atoms with Gasteiger partial charge in [-0.15, -0.1) is 0 Å². The smallest absolute Gasteiger partial charge is 0.358 e. The summed E-state index contributed by atoms with van der Waals surface area (Å²) in [6.07, 6.45) is 0.428. The van der Waals surface area contributed by atoms with E-state index < -0.39 is 13.4 Å². The first-order valence-electron chi connectivity index (χ1n) is 5.03. The Balaban J connectivity index is 4.38. The van der Waals surface area contributed by atoms with Crippen LogP contribution in [-0.4, -0.2) is 24.2 Å². The van der Waals surface area contributed by atoms with Gasteiger partial charge in [0.2, 0.25) is 0 Å². The molecule has 14 heavy (non-hydrogen) atoms. The summed E-state index contributed by atoms with van der Waals surface area (Å²) >= 11 is 0. The van der Waals surface area contributed by atoms with Gasteiger partial charge in [0.05, 0.1) is 13.2 Å². The third kappa shape index (κ3) is 4.56. The topological polar surface area (TPSA) is 55.8 Å². The van der Waals surface area contributed by atoms with Crippen LogP contribution in [0.5, 0.6) is 0 Å². The Morgan fingerprint density at radius 2 is 1.64 bits per heavy atom. The molecular weight excluding hydrogens is 203 g/mol. The summed E-state index contributed by atoms with van der Waals surface area (Å²) in [5, 5.41) is 9.69. The summed E-state index contributed by atoms with van der Waals surface area (Å²) < 4.78 is 22.0. The molecule has 0 rings (SSSR count). The number of hydrogen-bond donors (Lipinski definition) is 1. The van der Waals surface area contributed by atoms with Gasteiger partial charge < -0.3 is 14.2 Å². The van der Waals surface area contributed by atoms with Gasteiger partial charge in [-0.1, -0.05) is 13.8 Å². The molecule has 0 saturated heterocycles. The summed E-state index contributed by atoms with van der Waals surface area (Å²) in [6.45, 7) is 7.93. The zero-order valence-electron chi connectivity index (χ0n) is 9.40. The summed E-state index contributed by atoms with van der Waals surface area (Å²) in [6, 6.07) is 0. The van der Waals surface area contributed by atoms with Crippen LogP contribution in [0, 0.1) is 5.92 Å². The second kappa shape index (κ2) is 6.57. The van der Waals surface area contributed by atoms with E-state index in [-0.39, 0.29) is 19.1 Å². The van der Waals surface area contributed by atoms with E-state index in [0.29, 0.717) is 6.42 Å². The molecule has 1 atom stereocenters. The minimum absolute atomic E-state index is 0.263. The van der Waals surface area contributed by atoms with Gasteiger partial charge in [-0.3, -0.25) is 4.57 Å². The third-order valence-electron chi connectivity index (χ3n) is 1.67. The molecule has 0 aromatic heterocycles. The minimum atomic E-state index is -3.31. The Kier molecular flexibility index (Phi) is 6.62. The van der Waals surface area contributed by atoms with E-state index in [1.807, 2.05) is 13.8 Å². The maximum atomic E-state index is 12.0. The van der Waals surface area contributed by atoms with Gasteiger partial charge in [-0.05, 0) is 26.2 Å². The molecule has 5 heteroatoms. The van der Waals surface area contributed by atoms with E-state index >= 15 is 0 Å². The van der Waals surface area contributed by atoms with Crippen LogP contribution in [0.1, 0.15) is 34.1 Å². The lowest BCUT2D eigenvalue weighted by Gasteiger charge is -2.23. The average molecular weight is 224 g/mol. The molecule has 1 N–H and O–H groups in total. The largest absolute Gasteiger partial charge is 0.380 e. The Labute approximate surface area is 86.1 Å². The molecule has 0 aliphatic heterocycles. The fourth-order valence-electron chi connectivity index (χ4n) is 1.12. The van der Waals surface area contributed by atoms with Crippen LogP contribution in [-0.2, 0) is 13.6 Å². The van der Waals surface area contributed by atoms with Crippen molar-refractivity contribution >= 4 is 7.60 Å². The van der Waals surface area contributed by atoms with Gasteiger partial charge in [0, 0.05) is 0 Å². The maximum Gasteiger partial charge on any atom is 0.358 e. The van der Waals surface area contributed by atoms with Crippen LogP contribution in [0.2, 0.25) is 0 Å². The van der Waals surface area contributed by atoms with Crippen molar-refractivity contribution in [3.05, 3.63) is 0 Å². The van der Waals surface area contributed by atoms with Crippen LogP contribution in [0.15, 0.2) is 0 Å². The molecule has 0 aliphatic rings. The second-order valence-corrected chi connectivity index (χ2v) is 5.68. The predicted octanol–water partition coefficient (Wildman–Crippen LogP) is 2.62. The number of aliphatic hydroxyl groups is 1. The van der Waals surface area contributed by atoms with Gasteiger partial charge in [-0.2, -0.15) is 0 Å². The van der Waals surface area contributed by atoms with Crippen LogP contribution in [0.4, 0.5) is 0 Å². The van der Waals surface area contributed by atoms with Crippen molar-refractivity contribution in [3.63, 3.8) is 0 Å². The Morgan fingerprint density at radius 3 is 1.93 bits per heavy atom. The van der Waals surface area contributed by atoms with Crippen molar-refractivity contribution < 1.29 is 18.7 Å². The molecule has 0 radical (unpaired) electrons. The molecule has 0 aliphatic carbocycles. The fourth-order valence-corrected chi connectivity index (χ4v) is 2.94. The van der Waals surface area contributed by atoms with Gasteiger partial charge in [-0.25, -0.2) is 0 Å². The Hall–Kier alpha value is 0.110. The second-order valence-electron chi connectivity index (χ2n) is 3.49. The third-order valence-corrected chi connectivity index (χ3v) is 3.84. The zero-order valence-corrected chi connectivity index (χ0v) is 10.3. The highest BCUT2D eigenvalue weighted by atomic mass is 31.2. The van der Waals surface area contributed by atoms with Gasteiger partial charge in [0.15, 0.2) is 5.85 Å². The average Bonchev–Trinajstić information content (AvgIpc) is 2.03. The molecule has 0 aromatic carbocycles. The van der Waals surface area contributed by atoms with Gasteiger partial charge >= 0.3 is 7.60 Å². The van der Waals surface area contributed by atoms with Crippen molar-refractivity contribution in [1.82, 2.24) is 0 Å². The van der Waals surface area contributed by atoms with Crippen molar-refractivity contribution in [2.45, 2.75) is 40.0 Å². The first-order valence-corrected chi connectivity index (χ1v) is 6.64. The van der Waals surface area contributed by atoms with Crippen molar-refractivity contribution in [1.29, 1.82) is 0 Å². The van der Waals surface area contributed by atoms with E-state index in [1.165, 1.54) is 0 Å². The molecule has 0 amide bonds. The molecule has 1 unspecified atom stereocenters. The van der Waals surface area contributed by atoms with Crippen molar-refractivity contribution in [3.8, 4) is 0 Å². The Morgan fingerprint density at radius 1 is 1.21 bits per heavy atom. The standard InChI is InChI=1S/C9H21O4P/c1-5-12-14(11,13-6-2)9(10)7-8(3)4/h8-10H,5-7H2,1-4H3. The summed E-state index contributed by atoms with van der Waals surface area (Å²) in [4.78, 5) is 0. The van der Waals surface area contributed by atoms with Crippen molar-refractivity contribution in [2.24, 2.45) is 5.92 Å². The van der Waals surface area contributed by atoms with Gasteiger partial charge in [0.25, 0.3) is 0 Å². The zero-order chi connectivity index (χ0) is 11.2. The van der Waals surface area contributed by atoms with Crippen LogP contribution < -0.4 is 0 Å². The molecule has 0 heterocycles. The number of hydrogen-bond acceptors (Lipinski definition) is 4. The molecule has 0 saturated carbocycles.